The summed E-state index contributed by atoms with van der Waals surface area (Å²) in [7, 11) is 0. The second-order valence-electron chi connectivity index (χ2n) is 3.44. The van der Waals surface area contributed by atoms with E-state index in [9.17, 15) is 4.79 Å². The van der Waals surface area contributed by atoms with E-state index in [4.69, 9.17) is 14.4 Å². The lowest BCUT2D eigenvalue weighted by molar-refractivity contribution is 0.0893. The average Bonchev–Trinajstić information content (AvgIpc) is 2.90. The average molecular weight is 306 g/mol. The van der Waals surface area contributed by atoms with Crippen molar-refractivity contribution in [1.82, 2.24) is 0 Å². The minimum Gasteiger partial charge on any atom is -0.484 e. The highest BCUT2D eigenvalue weighted by molar-refractivity contribution is 9.10. The van der Waals surface area contributed by atoms with Gasteiger partial charge in [-0.05, 0) is 30.3 Å². The first-order valence-corrected chi connectivity index (χ1v) is 5.89. The summed E-state index contributed by atoms with van der Waals surface area (Å²) in [4.78, 5) is 11.6. The number of carbonyl (C=O) groups excluding carboxylic acids is 1. The van der Waals surface area contributed by atoms with Crippen molar-refractivity contribution < 1.29 is 13.9 Å². The molecule has 0 aliphatic carbocycles. The third-order valence-corrected chi connectivity index (χ3v) is 2.71. The number of Topliss-reactive ketones (excluding diaryl/α,β-unsaturated/α-hetero) is 1. The smallest absolute Gasteiger partial charge is 0.235 e. The Balaban J connectivity index is 2.07. The minimum atomic E-state index is -0.271. The number of nitriles is 1. The van der Waals surface area contributed by atoms with Gasteiger partial charge in [0.25, 0.3) is 0 Å². The summed E-state index contributed by atoms with van der Waals surface area (Å²) in [5.41, 5.74) is 0.372. The molecule has 0 fully saturated rings. The molecule has 0 radical (unpaired) electrons. The molecule has 0 spiro atoms. The maximum Gasteiger partial charge on any atom is 0.235 e. The zero-order valence-corrected chi connectivity index (χ0v) is 10.8. The number of ketones is 1. The third-order valence-electron chi connectivity index (χ3n) is 2.22. The van der Waals surface area contributed by atoms with Gasteiger partial charge in [-0.3, -0.25) is 4.79 Å². The Morgan fingerprint density at radius 3 is 2.94 bits per heavy atom. The van der Waals surface area contributed by atoms with Gasteiger partial charge >= 0.3 is 0 Å². The van der Waals surface area contributed by atoms with Crippen LogP contribution in [0.25, 0.3) is 0 Å². The summed E-state index contributed by atoms with van der Waals surface area (Å²) in [6.07, 6.45) is 1.42. The van der Waals surface area contributed by atoms with Crippen LogP contribution in [0.15, 0.2) is 45.5 Å². The second-order valence-corrected chi connectivity index (χ2v) is 4.36. The van der Waals surface area contributed by atoms with Crippen LogP contribution in [-0.2, 0) is 0 Å². The predicted octanol–water partition coefficient (Wildman–Crippen LogP) is 3.18. The highest BCUT2D eigenvalue weighted by atomic mass is 79.9. The van der Waals surface area contributed by atoms with Gasteiger partial charge in [0.05, 0.1) is 11.8 Å². The lowest BCUT2D eigenvalue weighted by Crippen LogP contribution is -2.11. The van der Waals surface area contributed by atoms with Crippen LogP contribution in [-0.4, -0.2) is 12.4 Å². The molecule has 0 amide bonds. The predicted molar refractivity (Wildman–Crippen MR) is 67.4 cm³/mol. The Hall–Kier alpha value is -2.06. The highest BCUT2D eigenvalue weighted by Crippen LogP contribution is 2.22. The first kappa shape index (κ1) is 12.4. The van der Waals surface area contributed by atoms with E-state index in [2.05, 4.69) is 15.9 Å². The van der Waals surface area contributed by atoms with Crippen LogP contribution >= 0.6 is 15.9 Å². The fourth-order valence-electron chi connectivity index (χ4n) is 1.37. The van der Waals surface area contributed by atoms with Crippen LogP contribution in [0.1, 0.15) is 16.1 Å². The van der Waals surface area contributed by atoms with E-state index in [1.54, 1.807) is 30.3 Å². The number of ether oxygens (including phenoxy) is 1. The Morgan fingerprint density at radius 2 is 2.28 bits per heavy atom. The van der Waals surface area contributed by atoms with Gasteiger partial charge in [0.1, 0.15) is 11.8 Å². The lowest BCUT2D eigenvalue weighted by atomic mass is 10.2. The van der Waals surface area contributed by atoms with E-state index in [0.717, 1.165) is 4.47 Å². The van der Waals surface area contributed by atoms with Crippen molar-refractivity contribution in [2.75, 3.05) is 6.61 Å². The van der Waals surface area contributed by atoms with Crippen molar-refractivity contribution in [2.45, 2.75) is 0 Å². The maximum absolute atomic E-state index is 11.6. The zero-order valence-electron chi connectivity index (χ0n) is 9.22. The van der Waals surface area contributed by atoms with Crippen LogP contribution < -0.4 is 4.74 Å². The molecule has 1 heterocycles. The first-order chi connectivity index (χ1) is 8.70. The fraction of sp³-hybridized carbons (Fsp3) is 0.0769. The van der Waals surface area contributed by atoms with Crippen LogP contribution in [0.4, 0.5) is 0 Å². The SMILES string of the molecule is N#Cc1cc(Br)ccc1OCC(=O)c1ccco1. The van der Waals surface area contributed by atoms with Crippen molar-refractivity contribution in [3.8, 4) is 11.8 Å². The van der Waals surface area contributed by atoms with Crippen molar-refractivity contribution in [3.63, 3.8) is 0 Å². The molecule has 0 bridgehead atoms. The molecular weight excluding hydrogens is 298 g/mol. The largest absolute Gasteiger partial charge is 0.484 e. The van der Waals surface area contributed by atoms with E-state index < -0.39 is 0 Å². The molecule has 18 heavy (non-hydrogen) atoms. The molecule has 0 aliphatic rings. The molecule has 0 N–H and O–H groups in total. The minimum absolute atomic E-state index is 0.163. The van der Waals surface area contributed by atoms with Crippen LogP contribution in [0, 0.1) is 11.3 Å². The summed E-state index contributed by atoms with van der Waals surface area (Å²) in [6, 6.07) is 10.2. The van der Waals surface area contributed by atoms with Gasteiger partial charge in [-0.1, -0.05) is 15.9 Å². The van der Waals surface area contributed by atoms with Gasteiger partial charge in [-0.2, -0.15) is 5.26 Å². The van der Waals surface area contributed by atoms with E-state index >= 15 is 0 Å². The number of halogens is 1. The normalized spacial score (nSPS) is 9.78. The molecule has 0 atom stereocenters. The number of carbonyl (C=O) groups is 1. The van der Waals surface area contributed by atoms with Gasteiger partial charge in [-0.15, -0.1) is 0 Å². The van der Waals surface area contributed by atoms with E-state index in [0.29, 0.717) is 11.3 Å². The number of nitrogens with zero attached hydrogens (tertiary/aromatic N) is 1. The Kier molecular flexibility index (Phi) is 3.80. The number of hydrogen-bond acceptors (Lipinski definition) is 4. The molecule has 90 valence electrons. The molecular formula is C13H8BrNO3. The van der Waals surface area contributed by atoms with Crippen LogP contribution in [0.3, 0.4) is 0 Å². The van der Waals surface area contributed by atoms with Gasteiger partial charge < -0.3 is 9.15 Å². The summed E-state index contributed by atoms with van der Waals surface area (Å²) < 4.78 is 11.1. The van der Waals surface area contributed by atoms with E-state index in [1.165, 1.54) is 6.26 Å². The molecule has 0 saturated carbocycles. The molecule has 1 aromatic carbocycles. The fourth-order valence-corrected chi connectivity index (χ4v) is 1.73. The Labute approximate surface area is 112 Å². The molecule has 2 rings (SSSR count). The van der Waals surface area contributed by atoms with Gasteiger partial charge in [-0.25, -0.2) is 0 Å². The van der Waals surface area contributed by atoms with Gasteiger partial charge in [0, 0.05) is 4.47 Å². The Bertz CT molecular complexity index is 599. The standard InChI is InChI=1S/C13H8BrNO3/c14-10-3-4-12(9(6-10)7-15)18-8-11(16)13-2-1-5-17-13/h1-6H,8H2. The molecule has 2 aromatic rings. The lowest BCUT2D eigenvalue weighted by Gasteiger charge is -2.06. The maximum atomic E-state index is 11.6. The van der Waals surface area contributed by atoms with Gasteiger partial charge in [0.2, 0.25) is 5.78 Å². The summed E-state index contributed by atoms with van der Waals surface area (Å²) in [5, 5.41) is 8.94. The zero-order chi connectivity index (χ0) is 13.0. The monoisotopic (exact) mass is 305 g/mol. The van der Waals surface area contributed by atoms with Gasteiger partial charge in [0.15, 0.2) is 12.4 Å². The molecule has 0 aliphatic heterocycles. The summed E-state index contributed by atoms with van der Waals surface area (Å²) in [6.45, 7) is -0.163. The number of benzene rings is 1. The second kappa shape index (κ2) is 5.52. The number of rotatable bonds is 4. The molecule has 0 saturated heterocycles. The van der Waals surface area contributed by atoms with Crippen LogP contribution in [0.2, 0.25) is 0 Å². The Morgan fingerprint density at radius 1 is 1.44 bits per heavy atom. The molecule has 0 unspecified atom stereocenters. The molecule has 4 nitrogen and oxygen atoms in total. The van der Waals surface area contributed by atoms with Crippen molar-refractivity contribution >= 4 is 21.7 Å². The van der Waals surface area contributed by atoms with Crippen molar-refractivity contribution in [3.05, 3.63) is 52.4 Å². The summed E-state index contributed by atoms with van der Waals surface area (Å²) in [5.74, 6) is 0.345. The van der Waals surface area contributed by atoms with Crippen molar-refractivity contribution in [2.24, 2.45) is 0 Å². The quantitative estimate of drug-likeness (QED) is 0.814. The van der Waals surface area contributed by atoms with E-state index in [-0.39, 0.29) is 18.2 Å². The summed E-state index contributed by atoms with van der Waals surface area (Å²) >= 11 is 3.26. The van der Waals surface area contributed by atoms with E-state index in [1.807, 2.05) is 6.07 Å². The number of hydrogen-bond donors (Lipinski definition) is 0. The third kappa shape index (κ3) is 2.79. The van der Waals surface area contributed by atoms with Crippen molar-refractivity contribution in [1.29, 1.82) is 5.26 Å². The highest BCUT2D eigenvalue weighted by Gasteiger charge is 2.11. The number of furan rings is 1. The molecule has 5 heteroatoms. The molecule has 1 aromatic heterocycles. The topological polar surface area (TPSA) is 63.2 Å². The first-order valence-electron chi connectivity index (χ1n) is 5.10. The van der Waals surface area contributed by atoms with Crippen LogP contribution in [0.5, 0.6) is 5.75 Å².